The number of carbonyl (C=O) groups excluding carboxylic acids is 1. The van der Waals surface area contributed by atoms with Gasteiger partial charge in [0, 0.05) is 11.1 Å². The van der Waals surface area contributed by atoms with E-state index in [1.807, 2.05) is 0 Å². The fourth-order valence-electron chi connectivity index (χ4n) is 1.31. The molecule has 2 aromatic rings. The van der Waals surface area contributed by atoms with Crippen molar-refractivity contribution in [2.24, 2.45) is 0 Å². The molecule has 2 heteroatoms. The molecule has 2 radical (unpaired) electrons. The number of hydrogen-bond acceptors (Lipinski definition) is 1. The molecule has 0 N–H and O–H groups in total. The molecule has 0 saturated heterocycles. The van der Waals surface area contributed by atoms with Crippen molar-refractivity contribution >= 4 is 5.78 Å². The van der Waals surface area contributed by atoms with Gasteiger partial charge in [0.25, 0.3) is 0 Å². The summed E-state index contributed by atoms with van der Waals surface area (Å²) < 4.78 is 0. The molecule has 2 aromatic carbocycles. The molecule has 2 rings (SSSR count). The predicted octanol–water partition coefficient (Wildman–Crippen LogP) is 2.86. The zero-order valence-electron chi connectivity index (χ0n) is 7.94. The van der Waals surface area contributed by atoms with E-state index in [0.717, 1.165) is 0 Å². The lowest BCUT2D eigenvalue weighted by molar-refractivity contribution is 0.103. The van der Waals surface area contributed by atoms with Crippen molar-refractivity contribution < 1.29 is 9.90 Å². The normalized spacial score (nSPS) is 9.87. The summed E-state index contributed by atoms with van der Waals surface area (Å²) >= 11 is 0. The molecule has 0 spiro atoms. The molecule has 0 aliphatic heterocycles. The van der Waals surface area contributed by atoms with E-state index in [1.54, 1.807) is 36.4 Å². The molecule has 15 heavy (non-hydrogen) atoms. The second-order valence-corrected chi connectivity index (χ2v) is 3.14. The van der Waals surface area contributed by atoms with Crippen molar-refractivity contribution in [1.82, 2.24) is 0 Å². The number of carbonyl (C=O) groups is 1. The third-order valence-corrected chi connectivity index (χ3v) is 2.10. The lowest BCUT2D eigenvalue weighted by atomic mass is 10.0. The summed E-state index contributed by atoms with van der Waals surface area (Å²) in [7, 11) is 0. The second-order valence-electron chi connectivity index (χ2n) is 3.14. The Hall–Kier alpha value is -2.09. The molecule has 0 unspecified atom stereocenters. The molecule has 0 aromatic heterocycles. The van der Waals surface area contributed by atoms with Gasteiger partial charge in [-0.2, -0.15) is 0 Å². The van der Waals surface area contributed by atoms with Gasteiger partial charge in [0.05, 0.1) is 0 Å². The Morgan fingerprint density at radius 3 is 2.00 bits per heavy atom. The van der Waals surface area contributed by atoms with E-state index >= 15 is 0 Å². The molecule has 2 nitrogen and oxygen atoms in total. The number of benzene rings is 2. The molecular weight excluding hydrogens is 188 g/mol. The zero-order chi connectivity index (χ0) is 10.7. The van der Waals surface area contributed by atoms with Gasteiger partial charge in [0.15, 0.2) is 11.5 Å². The Kier molecular flexibility index (Phi) is 2.50. The molecule has 0 saturated carbocycles. The first-order valence-corrected chi connectivity index (χ1v) is 4.55. The van der Waals surface area contributed by atoms with E-state index in [1.165, 1.54) is 12.1 Å². The van der Waals surface area contributed by atoms with E-state index in [2.05, 4.69) is 6.07 Å². The fraction of sp³-hybridized carbons (Fsp3) is 0. The van der Waals surface area contributed by atoms with Crippen LogP contribution in [0.3, 0.4) is 0 Å². The molecule has 0 amide bonds. The van der Waals surface area contributed by atoms with Gasteiger partial charge < -0.3 is 0 Å². The van der Waals surface area contributed by atoms with Crippen LogP contribution >= 0.6 is 0 Å². The lowest BCUT2D eigenvalue weighted by Gasteiger charge is -1.99. The van der Waals surface area contributed by atoms with Crippen LogP contribution in [0.1, 0.15) is 15.9 Å². The predicted molar refractivity (Wildman–Crippen MR) is 55.3 cm³/mol. The molecule has 0 aliphatic rings. The van der Waals surface area contributed by atoms with Gasteiger partial charge in [-0.15, -0.1) is 0 Å². The van der Waals surface area contributed by atoms with Crippen molar-refractivity contribution in [2.75, 3.05) is 0 Å². The van der Waals surface area contributed by atoms with Crippen molar-refractivity contribution in [3.63, 3.8) is 0 Å². The van der Waals surface area contributed by atoms with Crippen molar-refractivity contribution in [2.45, 2.75) is 0 Å². The average molecular weight is 196 g/mol. The van der Waals surface area contributed by atoms with E-state index in [0.29, 0.717) is 11.1 Å². The molecule has 0 heterocycles. The van der Waals surface area contributed by atoms with Gasteiger partial charge in [-0.3, -0.25) is 9.90 Å². The first-order chi connectivity index (χ1) is 7.27. The Morgan fingerprint density at radius 2 is 1.40 bits per heavy atom. The van der Waals surface area contributed by atoms with Crippen molar-refractivity contribution in [1.29, 1.82) is 0 Å². The highest BCUT2D eigenvalue weighted by Gasteiger charge is 2.07. The summed E-state index contributed by atoms with van der Waals surface area (Å²) in [6.45, 7) is 0. The van der Waals surface area contributed by atoms with Crippen LogP contribution < -0.4 is 0 Å². The molecule has 72 valence electrons. The summed E-state index contributed by atoms with van der Waals surface area (Å²) in [5, 5.41) is 10.9. The molecule has 0 fully saturated rings. The minimum Gasteiger partial charge on any atom is -0.290 e. The maximum Gasteiger partial charge on any atom is 0.193 e. The number of hydrogen-bond donors (Lipinski definition) is 0. The van der Waals surface area contributed by atoms with Crippen LogP contribution in [0, 0.1) is 6.07 Å². The Balaban J connectivity index is 2.33. The van der Waals surface area contributed by atoms with Crippen LogP contribution in [0.5, 0.6) is 5.75 Å². The first kappa shape index (κ1) is 9.46. The molecular formula is C13H8O2. The van der Waals surface area contributed by atoms with E-state index in [-0.39, 0.29) is 11.5 Å². The minimum atomic E-state index is -0.0899. The highest BCUT2D eigenvalue weighted by Crippen LogP contribution is 2.14. The van der Waals surface area contributed by atoms with Gasteiger partial charge in [-0.05, 0) is 30.3 Å². The van der Waals surface area contributed by atoms with E-state index in [4.69, 9.17) is 0 Å². The van der Waals surface area contributed by atoms with Crippen LogP contribution in [0.4, 0.5) is 0 Å². The molecule has 0 atom stereocenters. The minimum absolute atomic E-state index is 0.0796. The summed E-state index contributed by atoms with van der Waals surface area (Å²) in [4.78, 5) is 11.8. The van der Waals surface area contributed by atoms with E-state index in [9.17, 15) is 9.90 Å². The topological polar surface area (TPSA) is 37.0 Å². The zero-order valence-corrected chi connectivity index (χ0v) is 7.94. The van der Waals surface area contributed by atoms with Crippen LogP contribution in [0.2, 0.25) is 0 Å². The van der Waals surface area contributed by atoms with Crippen molar-refractivity contribution in [3.8, 4) is 5.75 Å². The Labute approximate surface area is 87.8 Å². The largest absolute Gasteiger partial charge is 0.290 e. The van der Waals surface area contributed by atoms with Crippen LogP contribution in [-0.2, 0) is 5.11 Å². The highest BCUT2D eigenvalue weighted by molar-refractivity contribution is 6.08. The van der Waals surface area contributed by atoms with Gasteiger partial charge in [-0.1, -0.05) is 24.3 Å². The van der Waals surface area contributed by atoms with Crippen LogP contribution in [-0.4, -0.2) is 5.78 Å². The van der Waals surface area contributed by atoms with Gasteiger partial charge in [0.2, 0.25) is 0 Å². The highest BCUT2D eigenvalue weighted by atomic mass is 16.3. The smallest absolute Gasteiger partial charge is 0.193 e. The standard InChI is InChI=1S/C13H8O2/c14-12-8-6-11(7-9-12)13(15)10-4-2-1-3-5-10/h2-9H. The van der Waals surface area contributed by atoms with Crippen LogP contribution in [0.15, 0.2) is 48.5 Å². The Bertz CT molecular complexity index is 458. The first-order valence-electron chi connectivity index (χ1n) is 4.55. The third-order valence-electron chi connectivity index (χ3n) is 2.10. The monoisotopic (exact) mass is 196 g/mol. The average Bonchev–Trinajstić information content (AvgIpc) is 2.30. The molecule has 0 aliphatic carbocycles. The molecule has 0 bridgehead atoms. The maximum absolute atomic E-state index is 11.8. The van der Waals surface area contributed by atoms with Crippen LogP contribution in [0.25, 0.3) is 0 Å². The van der Waals surface area contributed by atoms with Gasteiger partial charge in [-0.25, -0.2) is 0 Å². The third kappa shape index (κ3) is 2.05. The summed E-state index contributed by atoms with van der Waals surface area (Å²) in [6.07, 6.45) is 0. The maximum atomic E-state index is 11.8. The van der Waals surface area contributed by atoms with E-state index < -0.39 is 0 Å². The summed E-state index contributed by atoms with van der Waals surface area (Å²) in [5.74, 6) is -0.169. The number of ketones is 1. The Morgan fingerprint density at radius 1 is 0.867 bits per heavy atom. The number of rotatable bonds is 2. The summed E-state index contributed by atoms with van der Waals surface area (Å²) in [6, 6.07) is 15.5. The summed E-state index contributed by atoms with van der Waals surface area (Å²) in [5.41, 5.74) is 1.13. The SMILES string of the molecule is [O]c1ccc(C(=O)c2cc[c]cc2)cc1. The fourth-order valence-corrected chi connectivity index (χ4v) is 1.31. The second kappa shape index (κ2) is 3.96. The van der Waals surface area contributed by atoms with Gasteiger partial charge >= 0.3 is 0 Å². The quantitative estimate of drug-likeness (QED) is 0.680. The van der Waals surface area contributed by atoms with Crippen molar-refractivity contribution in [3.05, 3.63) is 65.7 Å². The van der Waals surface area contributed by atoms with Gasteiger partial charge in [0.1, 0.15) is 0 Å². The lowest BCUT2D eigenvalue weighted by Crippen LogP contribution is -1.99.